The highest BCUT2D eigenvalue weighted by Gasteiger charge is 2.58. The van der Waals surface area contributed by atoms with E-state index >= 15 is 0 Å². The van der Waals surface area contributed by atoms with E-state index in [9.17, 15) is 14.3 Å². The van der Waals surface area contributed by atoms with Gasteiger partial charge in [0.25, 0.3) is 0 Å². The number of benzene rings is 1. The van der Waals surface area contributed by atoms with Crippen molar-refractivity contribution in [3.8, 4) is 0 Å². The largest absolute Gasteiger partial charge is 0.481 e. The van der Waals surface area contributed by atoms with Crippen LogP contribution in [-0.4, -0.2) is 35.0 Å². The maximum atomic E-state index is 13.6. The van der Waals surface area contributed by atoms with Crippen LogP contribution in [-0.2, 0) is 14.9 Å². The maximum absolute atomic E-state index is 13.6. The number of aliphatic hydroxyl groups excluding tert-OH is 1. The lowest BCUT2D eigenvalue weighted by Crippen LogP contribution is -2.39. The van der Waals surface area contributed by atoms with E-state index in [1.54, 1.807) is 0 Å². The van der Waals surface area contributed by atoms with Gasteiger partial charge in [-0.3, -0.25) is 4.79 Å². The molecule has 1 saturated heterocycles. The standard InChI is InChI=1S/C28H37FO4/c29-22-14-12-21(13-15-22)28-18-26(33-19-28)23(16-17-25(30)20-8-4-3-5-9-20)24(28)10-6-1-2-7-11-27(31)32/h1,6,12-17,20,23-26,30H,2-5,7-11,18-19H2,(H,31,32)/t23-,24-,25-,26-,28-/m0/s1. The van der Waals surface area contributed by atoms with Gasteiger partial charge >= 0.3 is 5.97 Å². The second-order valence-corrected chi connectivity index (χ2v) is 10.2. The number of allylic oxidation sites excluding steroid dienone is 2. The molecule has 180 valence electrons. The van der Waals surface area contributed by atoms with Crippen LogP contribution < -0.4 is 0 Å². The van der Waals surface area contributed by atoms with Crippen LogP contribution >= 0.6 is 0 Å². The molecule has 33 heavy (non-hydrogen) atoms. The number of fused-ring (bicyclic) bond motifs is 2. The van der Waals surface area contributed by atoms with Crippen molar-refractivity contribution in [2.45, 2.75) is 81.8 Å². The van der Waals surface area contributed by atoms with Gasteiger partial charge in [0, 0.05) is 17.8 Å². The van der Waals surface area contributed by atoms with Gasteiger partial charge in [-0.1, -0.05) is 55.7 Å². The van der Waals surface area contributed by atoms with Crippen molar-refractivity contribution < 1.29 is 24.1 Å². The SMILES string of the molecule is O=C(O)CCCC=CC[C@H]1[C@H](C=C[C@H](O)C2CCCCC2)[C@@H]2C[C@@]1(c1ccc(F)cc1)CO2. The molecule has 2 bridgehead atoms. The van der Waals surface area contributed by atoms with Gasteiger partial charge < -0.3 is 14.9 Å². The average Bonchev–Trinajstić information content (AvgIpc) is 3.38. The molecule has 0 aromatic heterocycles. The third-order valence-corrected chi connectivity index (χ3v) is 8.12. The summed E-state index contributed by atoms with van der Waals surface area (Å²) in [5.41, 5.74) is 0.966. The van der Waals surface area contributed by atoms with Crippen molar-refractivity contribution in [1.29, 1.82) is 0 Å². The highest BCUT2D eigenvalue weighted by atomic mass is 19.1. The lowest BCUT2D eigenvalue weighted by molar-refractivity contribution is -0.137. The normalized spacial score (nSPS) is 31.0. The van der Waals surface area contributed by atoms with Crippen molar-refractivity contribution in [1.82, 2.24) is 0 Å². The summed E-state index contributed by atoms with van der Waals surface area (Å²) in [6.07, 6.45) is 17.4. The minimum Gasteiger partial charge on any atom is -0.481 e. The van der Waals surface area contributed by atoms with E-state index in [1.165, 1.54) is 31.4 Å². The highest BCUT2D eigenvalue weighted by molar-refractivity contribution is 5.66. The second-order valence-electron chi connectivity index (χ2n) is 10.2. The van der Waals surface area contributed by atoms with Gasteiger partial charge in [0.1, 0.15) is 5.82 Å². The molecule has 0 spiro atoms. The molecule has 2 saturated carbocycles. The number of aliphatic hydroxyl groups is 1. The zero-order valence-electron chi connectivity index (χ0n) is 19.4. The molecular formula is C28H37FO4. The van der Waals surface area contributed by atoms with Gasteiger partial charge in [-0.25, -0.2) is 4.39 Å². The van der Waals surface area contributed by atoms with Crippen LogP contribution in [0.15, 0.2) is 48.6 Å². The average molecular weight is 457 g/mol. The first kappa shape index (κ1) is 24.2. The molecule has 2 aliphatic carbocycles. The van der Waals surface area contributed by atoms with Gasteiger partial charge in [-0.2, -0.15) is 0 Å². The van der Waals surface area contributed by atoms with E-state index in [0.29, 0.717) is 24.9 Å². The van der Waals surface area contributed by atoms with E-state index in [-0.39, 0.29) is 29.7 Å². The van der Waals surface area contributed by atoms with Crippen LogP contribution in [0.1, 0.15) is 69.8 Å². The van der Waals surface area contributed by atoms with Crippen LogP contribution in [0.3, 0.4) is 0 Å². The number of ether oxygens (including phenoxy) is 1. The Morgan fingerprint density at radius 2 is 1.94 bits per heavy atom. The molecule has 2 N–H and O–H groups in total. The number of unbranched alkanes of at least 4 members (excludes halogenated alkanes) is 1. The van der Waals surface area contributed by atoms with Gasteiger partial charge in [-0.05, 0) is 68.1 Å². The number of hydrogen-bond donors (Lipinski definition) is 2. The molecular weight excluding hydrogens is 419 g/mol. The molecule has 0 amide bonds. The quantitative estimate of drug-likeness (QED) is 0.345. The molecule has 0 unspecified atom stereocenters. The van der Waals surface area contributed by atoms with Crippen LogP contribution in [0.5, 0.6) is 0 Å². The molecule has 3 fully saturated rings. The number of aliphatic carboxylic acids is 1. The molecule has 1 heterocycles. The van der Waals surface area contributed by atoms with Crippen molar-refractivity contribution in [2.24, 2.45) is 17.8 Å². The zero-order chi connectivity index (χ0) is 23.3. The monoisotopic (exact) mass is 456 g/mol. The number of halogens is 1. The summed E-state index contributed by atoms with van der Waals surface area (Å²) < 4.78 is 19.8. The van der Waals surface area contributed by atoms with Crippen molar-refractivity contribution in [3.63, 3.8) is 0 Å². The summed E-state index contributed by atoms with van der Waals surface area (Å²) in [7, 11) is 0. The Morgan fingerprint density at radius 3 is 2.67 bits per heavy atom. The molecule has 4 rings (SSSR count). The summed E-state index contributed by atoms with van der Waals surface area (Å²) in [6, 6.07) is 6.86. The van der Waals surface area contributed by atoms with Crippen LogP contribution in [0.2, 0.25) is 0 Å². The fourth-order valence-electron chi connectivity index (χ4n) is 6.31. The first-order valence-electron chi connectivity index (χ1n) is 12.6. The summed E-state index contributed by atoms with van der Waals surface area (Å²) in [5.74, 6) is -0.137. The first-order valence-corrected chi connectivity index (χ1v) is 12.6. The summed E-state index contributed by atoms with van der Waals surface area (Å²) in [5, 5.41) is 19.6. The van der Waals surface area contributed by atoms with E-state index in [1.807, 2.05) is 18.2 Å². The van der Waals surface area contributed by atoms with Crippen molar-refractivity contribution >= 4 is 5.97 Å². The topological polar surface area (TPSA) is 66.8 Å². The van der Waals surface area contributed by atoms with Crippen molar-refractivity contribution in [2.75, 3.05) is 6.61 Å². The Balaban J connectivity index is 1.50. The summed E-state index contributed by atoms with van der Waals surface area (Å²) >= 11 is 0. The fraction of sp³-hybridized carbons (Fsp3) is 0.607. The molecule has 1 aromatic carbocycles. The molecule has 5 atom stereocenters. The number of carboxylic acids is 1. The third-order valence-electron chi connectivity index (χ3n) is 8.12. The zero-order valence-corrected chi connectivity index (χ0v) is 19.4. The minimum absolute atomic E-state index is 0.107. The number of rotatable bonds is 10. The van der Waals surface area contributed by atoms with Gasteiger partial charge in [0.15, 0.2) is 0 Å². The van der Waals surface area contributed by atoms with Gasteiger partial charge in [0.05, 0.1) is 18.8 Å². The number of hydrogen-bond acceptors (Lipinski definition) is 3. The second kappa shape index (κ2) is 11.0. The maximum Gasteiger partial charge on any atom is 0.303 e. The Kier molecular flexibility index (Phi) is 8.02. The molecule has 1 aliphatic heterocycles. The number of carbonyl (C=O) groups is 1. The van der Waals surface area contributed by atoms with Gasteiger partial charge in [-0.15, -0.1) is 0 Å². The lowest BCUT2D eigenvalue weighted by atomic mass is 9.69. The Labute approximate surface area is 196 Å². The molecule has 0 radical (unpaired) electrons. The molecule has 1 aromatic rings. The summed E-state index contributed by atoms with van der Waals surface area (Å²) in [4.78, 5) is 10.7. The van der Waals surface area contributed by atoms with E-state index in [2.05, 4.69) is 18.2 Å². The predicted molar refractivity (Wildman–Crippen MR) is 126 cm³/mol. The minimum atomic E-state index is -0.759. The third kappa shape index (κ3) is 5.58. The Morgan fingerprint density at radius 1 is 1.18 bits per heavy atom. The van der Waals surface area contributed by atoms with E-state index in [0.717, 1.165) is 37.7 Å². The van der Waals surface area contributed by atoms with Crippen LogP contribution in [0.4, 0.5) is 4.39 Å². The lowest BCUT2D eigenvalue weighted by Gasteiger charge is -2.38. The smallest absolute Gasteiger partial charge is 0.303 e. The van der Waals surface area contributed by atoms with Crippen molar-refractivity contribution in [3.05, 3.63) is 60.0 Å². The fourth-order valence-corrected chi connectivity index (χ4v) is 6.31. The summed E-state index contributed by atoms with van der Waals surface area (Å²) in [6.45, 7) is 0.635. The van der Waals surface area contributed by atoms with Crippen LogP contribution in [0, 0.1) is 23.6 Å². The Hall–Kier alpha value is -1.98. The van der Waals surface area contributed by atoms with Crippen LogP contribution in [0.25, 0.3) is 0 Å². The molecule has 5 heteroatoms. The highest BCUT2D eigenvalue weighted by Crippen LogP contribution is 2.57. The van der Waals surface area contributed by atoms with E-state index in [4.69, 9.17) is 9.84 Å². The molecule has 3 aliphatic rings. The first-order chi connectivity index (χ1) is 16.0. The molecule has 4 nitrogen and oxygen atoms in total. The van der Waals surface area contributed by atoms with E-state index < -0.39 is 12.1 Å². The number of carboxylic acid groups (broad SMARTS) is 1. The Bertz CT molecular complexity index is 842. The predicted octanol–water partition coefficient (Wildman–Crippen LogP) is 5.80. The van der Waals surface area contributed by atoms with Gasteiger partial charge in [0.2, 0.25) is 0 Å².